The summed E-state index contributed by atoms with van der Waals surface area (Å²) in [5.41, 5.74) is 9.12. The van der Waals surface area contributed by atoms with Crippen LogP contribution in [-0.4, -0.2) is 22.9 Å². The highest BCUT2D eigenvalue weighted by atomic mass is 35.5. The molecule has 3 aromatic rings. The Labute approximate surface area is 168 Å². The number of amides is 1. The Bertz CT molecular complexity index is 1010. The van der Waals surface area contributed by atoms with Gasteiger partial charge in [0, 0.05) is 29.4 Å². The van der Waals surface area contributed by atoms with Gasteiger partial charge in [-0.2, -0.15) is 4.98 Å². The number of aromatic nitrogens is 2. The van der Waals surface area contributed by atoms with Crippen molar-refractivity contribution in [3.8, 4) is 11.1 Å². The van der Waals surface area contributed by atoms with Gasteiger partial charge in [0.05, 0.1) is 5.54 Å². The number of benzene rings is 2. The number of halogens is 1. The Balaban J connectivity index is 1.53. The summed E-state index contributed by atoms with van der Waals surface area (Å²) >= 11 is 5.90. The van der Waals surface area contributed by atoms with E-state index < -0.39 is 0 Å². The van der Waals surface area contributed by atoms with Crippen LogP contribution in [-0.2, 0) is 5.54 Å². The zero-order valence-corrected chi connectivity index (χ0v) is 16.1. The molecule has 7 heteroatoms. The van der Waals surface area contributed by atoms with Crippen LogP contribution in [0.15, 0.2) is 54.7 Å². The predicted molar refractivity (Wildman–Crippen MR) is 111 cm³/mol. The maximum absolute atomic E-state index is 12.6. The number of rotatable bonds is 5. The van der Waals surface area contributed by atoms with E-state index >= 15 is 0 Å². The molecule has 0 bridgehead atoms. The van der Waals surface area contributed by atoms with E-state index in [1.165, 1.54) is 0 Å². The first-order valence-corrected chi connectivity index (χ1v) is 9.38. The molecule has 0 radical (unpaired) electrons. The molecule has 1 aliphatic carbocycles. The van der Waals surface area contributed by atoms with E-state index in [1.54, 1.807) is 37.5 Å². The molecule has 1 fully saturated rings. The van der Waals surface area contributed by atoms with Crippen LogP contribution < -0.4 is 16.4 Å². The van der Waals surface area contributed by atoms with Gasteiger partial charge in [-0.3, -0.25) is 4.79 Å². The first-order valence-electron chi connectivity index (χ1n) is 9.00. The molecule has 0 saturated heterocycles. The van der Waals surface area contributed by atoms with Crippen molar-refractivity contribution in [3.05, 3.63) is 70.9 Å². The Hall–Kier alpha value is -3.12. The molecule has 1 amide bonds. The van der Waals surface area contributed by atoms with Crippen LogP contribution >= 0.6 is 11.6 Å². The van der Waals surface area contributed by atoms with Crippen molar-refractivity contribution in [2.75, 3.05) is 18.1 Å². The summed E-state index contributed by atoms with van der Waals surface area (Å²) in [6, 6.07) is 14.9. The fourth-order valence-electron chi connectivity index (χ4n) is 3.21. The third-order valence-electron chi connectivity index (χ3n) is 5.00. The monoisotopic (exact) mass is 393 g/mol. The Morgan fingerprint density at radius 1 is 1.11 bits per heavy atom. The lowest BCUT2D eigenvalue weighted by Gasteiger charge is -2.19. The van der Waals surface area contributed by atoms with Crippen molar-refractivity contribution in [2.24, 2.45) is 0 Å². The molecule has 1 aromatic heterocycles. The van der Waals surface area contributed by atoms with Gasteiger partial charge in [-0.15, -0.1) is 0 Å². The number of nitrogens with zero attached hydrogens (tertiary/aromatic N) is 2. The summed E-state index contributed by atoms with van der Waals surface area (Å²) in [4.78, 5) is 21.0. The van der Waals surface area contributed by atoms with Crippen LogP contribution in [0, 0.1) is 0 Å². The zero-order chi connectivity index (χ0) is 19.7. The molecule has 2 aromatic carbocycles. The molecule has 1 aliphatic rings. The lowest BCUT2D eigenvalue weighted by Crippen LogP contribution is -2.34. The van der Waals surface area contributed by atoms with Crippen molar-refractivity contribution in [1.29, 1.82) is 0 Å². The maximum Gasteiger partial charge on any atom is 0.251 e. The molecular formula is C21H20ClN5O. The highest BCUT2D eigenvalue weighted by Gasteiger charge is 2.45. The van der Waals surface area contributed by atoms with E-state index in [4.69, 9.17) is 17.3 Å². The van der Waals surface area contributed by atoms with E-state index in [-0.39, 0.29) is 11.4 Å². The van der Waals surface area contributed by atoms with E-state index in [1.807, 2.05) is 24.3 Å². The number of hydrogen-bond acceptors (Lipinski definition) is 5. The van der Waals surface area contributed by atoms with E-state index in [2.05, 4.69) is 20.6 Å². The molecule has 0 atom stereocenters. The molecule has 4 rings (SSSR count). The fraction of sp³-hybridized carbons (Fsp3) is 0.190. The van der Waals surface area contributed by atoms with Crippen LogP contribution in [0.1, 0.15) is 28.8 Å². The second-order valence-corrected chi connectivity index (χ2v) is 7.30. The van der Waals surface area contributed by atoms with Gasteiger partial charge in [0.25, 0.3) is 5.91 Å². The largest absolute Gasteiger partial charge is 0.383 e. The Morgan fingerprint density at radius 3 is 2.36 bits per heavy atom. The van der Waals surface area contributed by atoms with Gasteiger partial charge in [-0.1, -0.05) is 35.9 Å². The number of nitrogen functional groups attached to an aromatic ring is 1. The molecule has 0 aliphatic heterocycles. The first kappa shape index (κ1) is 18.3. The van der Waals surface area contributed by atoms with Gasteiger partial charge in [0.2, 0.25) is 5.95 Å². The lowest BCUT2D eigenvalue weighted by molar-refractivity contribution is 0.0931. The van der Waals surface area contributed by atoms with Gasteiger partial charge in [0.1, 0.15) is 5.82 Å². The lowest BCUT2D eigenvalue weighted by atomic mass is 10.00. The van der Waals surface area contributed by atoms with Gasteiger partial charge >= 0.3 is 0 Å². The van der Waals surface area contributed by atoms with Crippen molar-refractivity contribution in [1.82, 2.24) is 15.3 Å². The number of hydrogen-bond donors (Lipinski definition) is 3. The summed E-state index contributed by atoms with van der Waals surface area (Å²) in [6.45, 7) is 0. The van der Waals surface area contributed by atoms with Gasteiger partial charge in [-0.25, -0.2) is 4.98 Å². The molecular weight excluding hydrogens is 374 g/mol. The number of carbonyl (C=O) groups excluding carboxylic acids is 1. The number of carbonyl (C=O) groups is 1. The molecule has 0 unspecified atom stereocenters. The summed E-state index contributed by atoms with van der Waals surface area (Å²) in [6.07, 6.45) is 3.53. The molecule has 142 valence electrons. The van der Waals surface area contributed by atoms with Gasteiger partial charge < -0.3 is 16.4 Å². The average molecular weight is 394 g/mol. The molecule has 0 spiro atoms. The summed E-state index contributed by atoms with van der Waals surface area (Å²) in [7, 11) is 1.75. The summed E-state index contributed by atoms with van der Waals surface area (Å²) in [5, 5.41) is 6.64. The highest BCUT2D eigenvalue weighted by Crippen LogP contribution is 2.46. The van der Waals surface area contributed by atoms with Crippen molar-refractivity contribution in [2.45, 2.75) is 18.4 Å². The second kappa shape index (κ2) is 7.13. The van der Waals surface area contributed by atoms with Gasteiger partial charge in [0.15, 0.2) is 0 Å². The third kappa shape index (κ3) is 3.51. The molecule has 6 nitrogen and oxygen atoms in total. The number of anilines is 2. The van der Waals surface area contributed by atoms with Gasteiger partial charge in [-0.05, 0) is 48.2 Å². The molecule has 4 N–H and O–H groups in total. The summed E-state index contributed by atoms with van der Waals surface area (Å²) < 4.78 is 0. The topological polar surface area (TPSA) is 92.9 Å². The highest BCUT2D eigenvalue weighted by molar-refractivity contribution is 6.30. The SMILES string of the molecule is CNc1ncc(-c2ccc(C3(NC(=O)c4ccc(Cl)cc4)CC3)cc2)c(N)n1. The first-order chi connectivity index (χ1) is 13.5. The molecule has 1 saturated carbocycles. The second-order valence-electron chi connectivity index (χ2n) is 6.86. The normalized spacial score (nSPS) is 14.4. The standard InChI is InChI=1S/C21H20ClN5O/c1-24-20-25-12-17(18(23)26-20)13-2-6-15(7-3-13)21(10-11-21)27-19(28)14-4-8-16(22)9-5-14/h2-9,12H,10-11H2,1H3,(H,27,28)(H3,23,24,25,26). The minimum atomic E-state index is -0.312. The fourth-order valence-corrected chi connectivity index (χ4v) is 3.33. The van der Waals surface area contributed by atoms with Crippen molar-refractivity contribution < 1.29 is 4.79 Å². The average Bonchev–Trinajstić information content (AvgIpc) is 3.49. The summed E-state index contributed by atoms with van der Waals surface area (Å²) in [5.74, 6) is 0.808. The quantitative estimate of drug-likeness (QED) is 0.612. The predicted octanol–water partition coefficient (Wildman–Crippen LogP) is 3.84. The number of nitrogens with two attached hydrogens (primary N) is 1. The minimum absolute atomic E-state index is 0.0986. The molecule has 1 heterocycles. The van der Waals surface area contributed by atoms with Crippen LogP contribution in [0.4, 0.5) is 11.8 Å². The van der Waals surface area contributed by atoms with E-state index in [9.17, 15) is 4.79 Å². The number of nitrogens with one attached hydrogen (secondary N) is 2. The van der Waals surface area contributed by atoms with Crippen molar-refractivity contribution in [3.63, 3.8) is 0 Å². The van der Waals surface area contributed by atoms with Crippen LogP contribution in [0.5, 0.6) is 0 Å². The van der Waals surface area contributed by atoms with Crippen LogP contribution in [0.2, 0.25) is 5.02 Å². The Morgan fingerprint density at radius 2 is 1.79 bits per heavy atom. The zero-order valence-electron chi connectivity index (χ0n) is 15.4. The van der Waals surface area contributed by atoms with E-state index in [0.29, 0.717) is 22.4 Å². The smallest absolute Gasteiger partial charge is 0.251 e. The Kier molecular flexibility index (Phi) is 4.65. The van der Waals surface area contributed by atoms with Crippen molar-refractivity contribution >= 4 is 29.3 Å². The molecule has 28 heavy (non-hydrogen) atoms. The minimum Gasteiger partial charge on any atom is -0.383 e. The van der Waals surface area contributed by atoms with E-state index in [0.717, 1.165) is 29.5 Å². The third-order valence-corrected chi connectivity index (χ3v) is 5.25. The maximum atomic E-state index is 12.6. The van der Waals surface area contributed by atoms with Crippen LogP contribution in [0.3, 0.4) is 0 Å². The van der Waals surface area contributed by atoms with Crippen LogP contribution in [0.25, 0.3) is 11.1 Å².